The van der Waals surface area contributed by atoms with Gasteiger partial charge in [0.25, 0.3) is 5.91 Å². The van der Waals surface area contributed by atoms with Crippen LogP contribution >= 0.6 is 0 Å². The summed E-state index contributed by atoms with van der Waals surface area (Å²) in [6, 6.07) is 3.65. The van der Waals surface area contributed by atoms with Crippen molar-refractivity contribution in [3.05, 3.63) is 46.8 Å². The lowest BCUT2D eigenvalue weighted by Crippen LogP contribution is -2.27. The molecule has 0 atom stereocenters. The second-order valence-electron chi connectivity index (χ2n) is 9.10. The number of phenols is 1. The van der Waals surface area contributed by atoms with Crippen molar-refractivity contribution in [2.45, 2.75) is 58.9 Å². The Morgan fingerprint density at radius 3 is 2.00 bits per heavy atom. The van der Waals surface area contributed by atoms with Gasteiger partial charge in [-0.1, -0.05) is 41.5 Å². The fraction of sp³-hybridized carbons (Fsp3) is 0.524. The van der Waals surface area contributed by atoms with Crippen LogP contribution in [0.1, 0.15) is 68.6 Å². The van der Waals surface area contributed by atoms with Gasteiger partial charge in [0, 0.05) is 49.1 Å². The fourth-order valence-electron chi connectivity index (χ4n) is 3.02. The first-order valence-corrected chi connectivity index (χ1v) is 8.91. The molecule has 0 aliphatic carbocycles. The molecule has 0 aliphatic rings. The van der Waals surface area contributed by atoms with Crippen LogP contribution in [0.15, 0.2) is 24.5 Å². The number of carbonyl (C=O) groups excluding carboxylic acids is 1. The summed E-state index contributed by atoms with van der Waals surface area (Å²) in [6.07, 6.45) is 3.67. The number of hydrogen-bond donors (Lipinski definition) is 1. The molecule has 5 nitrogen and oxygen atoms in total. The van der Waals surface area contributed by atoms with Gasteiger partial charge in [0.15, 0.2) is 0 Å². The summed E-state index contributed by atoms with van der Waals surface area (Å²) >= 11 is 0. The zero-order chi connectivity index (χ0) is 19.9. The molecule has 2 aromatic rings. The fourth-order valence-corrected chi connectivity index (χ4v) is 3.02. The van der Waals surface area contributed by atoms with Crippen molar-refractivity contribution in [3.8, 4) is 5.75 Å². The summed E-state index contributed by atoms with van der Waals surface area (Å²) in [5.41, 5.74) is 2.65. The Bertz CT molecular complexity index is 772. The van der Waals surface area contributed by atoms with E-state index in [1.54, 1.807) is 22.8 Å². The number of hydrogen-bond acceptors (Lipinski definition) is 3. The molecular formula is C21H31N3O2. The van der Waals surface area contributed by atoms with Crippen LogP contribution in [0.4, 0.5) is 0 Å². The first-order valence-electron chi connectivity index (χ1n) is 8.91. The van der Waals surface area contributed by atoms with Crippen LogP contribution in [-0.2, 0) is 24.4 Å². The van der Waals surface area contributed by atoms with Crippen molar-refractivity contribution in [2.75, 3.05) is 7.05 Å². The smallest absolute Gasteiger partial charge is 0.253 e. The molecule has 0 spiro atoms. The minimum absolute atomic E-state index is 0.0650. The number of rotatable bonds is 3. The normalized spacial score (nSPS) is 12.3. The first kappa shape index (κ1) is 20.0. The van der Waals surface area contributed by atoms with E-state index in [0.29, 0.717) is 12.1 Å². The Morgan fingerprint density at radius 1 is 1.12 bits per heavy atom. The van der Waals surface area contributed by atoms with Gasteiger partial charge < -0.3 is 10.0 Å². The van der Waals surface area contributed by atoms with Crippen LogP contribution in [-0.4, -0.2) is 32.7 Å². The molecule has 1 aromatic carbocycles. The van der Waals surface area contributed by atoms with E-state index < -0.39 is 0 Å². The third-order valence-corrected chi connectivity index (χ3v) is 4.50. The van der Waals surface area contributed by atoms with Gasteiger partial charge in [-0.05, 0) is 23.0 Å². The molecule has 0 unspecified atom stereocenters. The lowest BCUT2D eigenvalue weighted by molar-refractivity contribution is 0.0784. The van der Waals surface area contributed by atoms with E-state index in [4.69, 9.17) is 0 Å². The molecule has 2 rings (SSSR count). The van der Waals surface area contributed by atoms with Crippen molar-refractivity contribution < 1.29 is 9.90 Å². The van der Waals surface area contributed by atoms with Gasteiger partial charge in [0.1, 0.15) is 5.75 Å². The molecule has 0 aliphatic heterocycles. The number of aryl methyl sites for hydroxylation is 1. The maximum atomic E-state index is 13.0. The van der Waals surface area contributed by atoms with Crippen LogP contribution in [0, 0.1) is 0 Å². The molecule has 1 amide bonds. The summed E-state index contributed by atoms with van der Waals surface area (Å²) in [5.74, 6) is 0.223. The van der Waals surface area contributed by atoms with Gasteiger partial charge in [-0.15, -0.1) is 0 Å². The van der Waals surface area contributed by atoms with Crippen molar-refractivity contribution in [1.29, 1.82) is 0 Å². The van der Waals surface area contributed by atoms with E-state index in [1.807, 2.05) is 66.9 Å². The Labute approximate surface area is 156 Å². The highest BCUT2D eigenvalue weighted by Crippen LogP contribution is 2.40. The number of benzene rings is 1. The zero-order valence-electron chi connectivity index (χ0n) is 17.2. The molecule has 1 N–H and O–H groups in total. The van der Waals surface area contributed by atoms with E-state index in [1.165, 1.54) is 0 Å². The molecule has 0 saturated carbocycles. The topological polar surface area (TPSA) is 58.4 Å². The predicted octanol–water partition coefficient (Wildman–Crippen LogP) is 3.99. The lowest BCUT2D eigenvalue weighted by Gasteiger charge is -2.28. The van der Waals surface area contributed by atoms with Gasteiger partial charge in [0.05, 0.1) is 6.20 Å². The van der Waals surface area contributed by atoms with E-state index in [-0.39, 0.29) is 22.5 Å². The number of aromatic hydroxyl groups is 1. The van der Waals surface area contributed by atoms with Crippen LogP contribution in [0.5, 0.6) is 5.75 Å². The minimum Gasteiger partial charge on any atom is -0.507 e. The Kier molecular flexibility index (Phi) is 5.22. The van der Waals surface area contributed by atoms with Gasteiger partial charge in [-0.3, -0.25) is 9.48 Å². The number of aromatic nitrogens is 2. The van der Waals surface area contributed by atoms with Crippen molar-refractivity contribution in [1.82, 2.24) is 14.7 Å². The number of phenolic OH excluding ortho intramolecular Hbond substituents is 1. The number of amides is 1. The van der Waals surface area contributed by atoms with Crippen molar-refractivity contribution in [3.63, 3.8) is 0 Å². The monoisotopic (exact) mass is 357 g/mol. The third kappa shape index (κ3) is 4.26. The molecule has 0 saturated heterocycles. The quantitative estimate of drug-likeness (QED) is 0.903. The first-order chi connectivity index (χ1) is 11.8. The molecule has 142 valence electrons. The van der Waals surface area contributed by atoms with Crippen molar-refractivity contribution >= 4 is 5.91 Å². The third-order valence-electron chi connectivity index (χ3n) is 4.50. The van der Waals surface area contributed by atoms with E-state index in [0.717, 1.165) is 16.7 Å². The maximum Gasteiger partial charge on any atom is 0.253 e. The molecule has 5 heteroatoms. The van der Waals surface area contributed by atoms with Crippen LogP contribution in [0.25, 0.3) is 0 Å². The summed E-state index contributed by atoms with van der Waals surface area (Å²) in [6.45, 7) is 12.8. The van der Waals surface area contributed by atoms with Gasteiger partial charge in [0.2, 0.25) is 0 Å². The average molecular weight is 357 g/mol. The molecule has 1 aromatic heterocycles. The SMILES string of the molecule is CN(Cc1cnn(C)c1)C(=O)c1cc(C(C)(C)C)c(O)c(C(C)(C)C)c1. The maximum absolute atomic E-state index is 13.0. The van der Waals surface area contributed by atoms with Gasteiger partial charge in [-0.25, -0.2) is 0 Å². The van der Waals surface area contributed by atoms with Crippen LogP contribution in [0.3, 0.4) is 0 Å². The van der Waals surface area contributed by atoms with Crippen LogP contribution < -0.4 is 0 Å². The van der Waals surface area contributed by atoms with Crippen LogP contribution in [0.2, 0.25) is 0 Å². The predicted molar refractivity (Wildman–Crippen MR) is 105 cm³/mol. The second-order valence-corrected chi connectivity index (χ2v) is 9.10. The molecule has 26 heavy (non-hydrogen) atoms. The largest absolute Gasteiger partial charge is 0.507 e. The molecule has 0 bridgehead atoms. The number of carbonyl (C=O) groups is 1. The molecule has 1 heterocycles. The summed E-state index contributed by atoms with van der Waals surface area (Å²) in [5, 5.41) is 15.0. The van der Waals surface area contributed by atoms with E-state index in [2.05, 4.69) is 5.10 Å². The zero-order valence-corrected chi connectivity index (χ0v) is 17.2. The molecule has 0 fully saturated rings. The highest BCUT2D eigenvalue weighted by atomic mass is 16.3. The molecule has 0 radical (unpaired) electrons. The standard InChI is InChI=1S/C21H31N3O2/c1-20(2,3)16-9-15(10-17(18(16)25)21(4,5)6)19(26)23(7)12-14-11-22-24(8)13-14/h9-11,13,25H,12H2,1-8H3. The Hall–Kier alpha value is -2.30. The lowest BCUT2D eigenvalue weighted by atomic mass is 9.78. The van der Waals surface area contributed by atoms with Crippen molar-refractivity contribution in [2.24, 2.45) is 7.05 Å². The second kappa shape index (κ2) is 6.78. The van der Waals surface area contributed by atoms with Gasteiger partial charge >= 0.3 is 0 Å². The van der Waals surface area contributed by atoms with Gasteiger partial charge in [-0.2, -0.15) is 5.10 Å². The Balaban J connectivity index is 2.45. The minimum atomic E-state index is -0.262. The summed E-state index contributed by atoms with van der Waals surface area (Å²) in [7, 11) is 3.65. The van der Waals surface area contributed by atoms with E-state index in [9.17, 15) is 9.90 Å². The Morgan fingerprint density at radius 2 is 1.62 bits per heavy atom. The molecular weight excluding hydrogens is 326 g/mol. The number of nitrogens with zero attached hydrogens (tertiary/aromatic N) is 3. The van der Waals surface area contributed by atoms with E-state index >= 15 is 0 Å². The summed E-state index contributed by atoms with van der Waals surface area (Å²) < 4.78 is 1.73. The highest BCUT2D eigenvalue weighted by Gasteiger charge is 2.28. The highest BCUT2D eigenvalue weighted by molar-refractivity contribution is 5.95. The average Bonchev–Trinajstić information content (AvgIpc) is 2.89. The summed E-state index contributed by atoms with van der Waals surface area (Å²) in [4.78, 5) is 14.7.